The van der Waals surface area contributed by atoms with Gasteiger partial charge in [0.1, 0.15) is 6.10 Å². The van der Waals surface area contributed by atoms with Crippen LogP contribution in [0.15, 0.2) is 36.4 Å². The molecule has 1 fully saturated rings. The van der Waals surface area contributed by atoms with E-state index < -0.39 is 18.0 Å². The highest BCUT2D eigenvalue weighted by Gasteiger charge is 2.44. The molecule has 0 amide bonds. The van der Waals surface area contributed by atoms with Crippen molar-refractivity contribution >= 4 is 11.9 Å². The van der Waals surface area contributed by atoms with Crippen LogP contribution < -0.4 is 18.9 Å². The number of cyclic esters (lactones) is 1. The van der Waals surface area contributed by atoms with E-state index in [1.54, 1.807) is 25.3 Å². The van der Waals surface area contributed by atoms with E-state index in [0.717, 1.165) is 5.56 Å². The lowest BCUT2D eigenvalue weighted by molar-refractivity contribution is -0.150. The molecule has 31 heavy (non-hydrogen) atoms. The Kier molecular flexibility index (Phi) is 5.88. The van der Waals surface area contributed by atoms with Gasteiger partial charge in [0.15, 0.2) is 23.0 Å². The maximum absolute atomic E-state index is 12.6. The van der Waals surface area contributed by atoms with Gasteiger partial charge in [-0.3, -0.25) is 9.59 Å². The van der Waals surface area contributed by atoms with Gasteiger partial charge in [-0.1, -0.05) is 12.1 Å². The molecule has 0 N–H and O–H groups in total. The summed E-state index contributed by atoms with van der Waals surface area (Å²) in [6, 6.07) is 10.9. The van der Waals surface area contributed by atoms with E-state index in [4.69, 9.17) is 28.4 Å². The summed E-state index contributed by atoms with van der Waals surface area (Å²) in [5.41, 5.74) is 1.61. The van der Waals surface area contributed by atoms with Crippen LogP contribution in [0.2, 0.25) is 0 Å². The number of methoxy groups -OCH3 is 2. The summed E-state index contributed by atoms with van der Waals surface area (Å²) in [6.07, 6.45) is -0.256. The average Bonchev–Trinajstić information content (AvgIpc) is 3.38. The Balaban J connectivity index is 1.64. The summed E-state index contributed by atoms with van der Waals surface area (Å²) in [7, 11) is 3.08. The molecule has 0 aliphatic carbocycles. The van der Waals surface area contributed by atoms with Crippen molar-refractivity contribution in [2.45, 2.75) is 19.4 Å². The van der Waals surface area contributed by atoms with E-state index in [2.05, 4.69) is 0 Å². The first-order valence-electron chi connectivity index (χ1n) is 9.94. The number of fused-ring (bicyclic) bond motifs is 1. The van der Waals surface area contributed by atoms with E-state index in [9.17, 15) is 9.59 Å². The molecule has 2 aliphatic heterocycles. The van der Waals surface area contributed by atoms with Crippen molar-refractivity contribution in [1.29, 1.82) is 0 Å². The number of carbonyl (C=O) groups excluding carboxylic acids is 2. The van der Waals surface area contributed by atoms with Gasteiger partial charge in [-0.2, -0.15) is 0 Å². The van der Waals surface area contributed by atoms with E-state index in [-0.39, 0.29) is 25.3 Å². The van der Waals surface area contributed by atoms with Crippen molar-refractivity contribution in [3.8, 4) is 23.0 Å². The fourth-order valence-electron chi connectivity index (χ4n) is 4.04. The van der Waals surface area contributed by atoms with Crippen LogP contribution >= 0.6 is 0 Å². The van der Waals surface area contributed by atoms with Crippen LogP contribution in [0.5, 0.6) is 23.0 Å². The smallest absolute Gasteiger partial charge is 0.309 e. The average molecular weight is 428 g/mol. The molecule has 0 bridgehead atoms. The number of hydrogen-bond donors (Lipinski definition) is 0. The van der Waals surface area contributed by atoms with Crippen LogP contribution in [0.4, 0.5) is 0 Å². The molecule has 2 aliphatic rings. The SMILES string of the molecule is COc1ccc([C@@H](OC(C)=O)[C@H]2COC(=O)[C@@H]2Cc2ccc3c(c2)OCO3)cc1OC. The Morgan fingerprint density at radius 3 is 2.55 bits per heavy atom. The van der Waals surface area contributed by atoms with Crippen molar-refractivity contribution in [1.82, 2.24) is 0 Å². The zero-order chi connectivity index (χ0) is 22.0. The van der Waals surface area contributed by atoms with E-state index in [0.29, 0.717) is 35.0 Å². The number of carbonyl (C=O) groups is 2. The van der Waals surface area contributed by atoms with Gasteiger partial charge in [0.05, 0.1) is 26.7 Å². The molecule has 8 nitrogen and oxygen atoms in total. The van der Waals surface area contributed by atoms with Crippen LogP contribution in [0.3, 0.4) is 0 Å². The van der Waals surface area contributed by atoms with Crippen molar-refractivity contribution in [3.05, 3.63) is 47.5 Å². The third-order valence-electron chi connectivity index (χ3n) is 5.55. The van der Waals surface area contributed by atoms with Crippen LogP contribution in [0.25, 0.3) is 0 Å². The molecule has 2 aromatic rings. The van der Waals surface area contributed by atoms with Crippen molar-refractivity contribution in [2.24, 2.45) is 11.8 Å². The van der Waals surface area contributed by atoms with Gasteiger partial charge >= 0.3 is 11.9 Å². The first-order chi connectivity index (χ1) is 15.0. The molecule has 0 spiro atoms. The summed E-state index contributed by atoms with van der Waals surface area (Å²) >= 11 is 0. The Bertz CT molecular complexity index is 986. The van der Waals surface area contributed by atoms with Crippen LogP contribution in [-0.4, -0.2) is 39.6 Å². The first kappa shape index (κ1) is 20.8. The standard InChI is InChI=1S/C23H24O8/c1-13(24)31-22(15-5-7-18(26-2)20(10-15)27-3)17-11-28-23(25)16(17)8-14-4-6-19-21(9-14)30-12-29-19/h4-7,9-10,16-17,22H,8,11-12H2,1-3H3/t16-,17+,22-/m1/s1. The van der Waals surface area contributed by atoms with Crippen LogP contribution in [-0.2, 0) is 25.5 Å². The maximum atomic E-state index is 12.6. The topological polar surface area (TPSA) is 89.5 Å². The molecular weight excluding hydrogens is 404 g/mol. The zero-order valence-corrected chi connectivity index (χ0v) is 17.6. The molecule has 4 rings (SSSR count). The molecule has 0 saturated carbocycles. The highest BCUT2D eigenvalue weighted by Crippen LogP contribution is 2.41. The van der Waals surface area contributed by atoms with Crippen molar-refractivity contribution in [2.75, 3.05) is 27.6 Å². The van der Waals surface area contributed by atoms with E-state index in [1.165, 1.54) is 14.0 Å². The predicted octanol–water partition coefficient (Wildman–Crippen LogP) is 3.07. The summed E-state index contributed by atoms with van der Waals surface area (Å²) in [5.74, 6) is 0.784. The van der Waals surface area contributed by atoms with Crippen LogP contribution in [0, 0.1) is 11.8 Å². The second kappa shape index (κ2) is 8.75. The second-order valence-electron chi connectivity index (χ2n) is 7.44. The molecule has 2 heterocycles. The van der Waals surface area contributed by atoms with Crippen LogP contribution in [0.1, 0.15) is 24.2 Å². The third kappa shape index (κ3) is 4.23. The Morgan fingerprint density at radius 1 is 1.03 bits per heavy atom. The number of ether oxygens (including phenoxy) is 6. The number of hydrogen-bond acceptors (Lipinski definition) is 8. The Morgan fingerprint density at radius 2 is 1.81 bits per heavy atom. The lowest BCUT2D eigenvalue weighted by atomic mass is 9.82. The number of rotatable bonds is 7. The molecule has 0 aromatic heterocycles. The highest BCUT2D eigenvalue weighted by molar-refractivity contribution is 5.75. The molecule has 1 saturated heterocycles. The molecular formula is C23H24O8. The van der Waals surface area contributed by atoms with Gasteiger partial charge in [0.2, 0.25) is 6.79 Å². The summed E-state index contributed by atoms with van der Waals surface area (Å²) in [5, 5.41) is 0. The molecule has 0 unspecified atom stereocenters. The molecule has 2 aromatic carbocycles. The quantitative estimate of drug-likeness (QED) is 0.622. The van der Waals surface area contributed by atoms with Gasteiger partial charge in [-0.15, -0.1) is 0 Å². The Labute approximate surface area is 179 Å². The normalized spacial score (nSPS) is 20.2. The lowest BCUT2D eigenvalue weighted by Gasteiger charge is -2.26. The third-order valence-corrected chi connectivity index (χ3v) is 5.55. The predicted molar refractivity (Wildman–Crippen MR) is 108 cm³/mol. The minimum absolute atomic E-state index is 0.153. The van der Waals surface area contributed by atoms with Gasteiger partial charge in [-0.25, -0.2) is 0 Å². The van der Waals surface area contributed by atoms with E-state index >= 15 is 0 Å². The summed E-state index contributed by atoms with van der Waals surface area (Å²) in [6.45, 7) is 1.68. The summed E-state index contributed by atoms with van der Waals surface area (Å²) in [4.78, 5) is 24.5. The largest absolute Gasteiger partial charge is 0.493 e. The van der Waals surface area contributed by atoms with Gasteiger partial charge < -0.3 is 28.4 Å². The van der Waals surface area contributed by atoms with Gasteiger partial charge in [0.25, 0.3) is 0 Å². The molecule has 164 valence electrons. The fourth-order valence-corrected chi connectivity index (χ4v) is 4.04. The molecule has 8 heteroatoms. The first-order valence-corrected chi connectivity index (χ1v) is 9.94. The monoisotopic (exact) mass is 428 g/mol. The maximum Gasteiger partial charge on any atom is 0.309 e. The second-order valence-corrected chi connectivity index (χ2v) is 7.44. The van der Waals surface area contributed by atoms with Crippen molar-refractivity contribution in [3.63, 3.8) is 0 Å². The highest BCUT2D eigenvalue weighted by atomic mass is 16.7. The number of esters is 2. The molecule has 3 atom stereocenters. The zero-order valence-electron chi connectivity index (χ0n) is 17.6. The van der Waals surface area contributed by atoms with Gasteiger partial charge in [0, 0.05) is 12.8 Å². The summed E-state index contributed by atoms with van der Waals surface area (Å²) < 4.78 is 32.5. The van der Waals surface area contributed by atoms with Crippen molar-refractivity contribution < 1.29 is 38.0 Å². The molecule has 0 radical (unpaired) electrons. The lowest BCUT2D eigenvalue weighted by Crippen LogP contribution is -2.27. The minimum atomic E-state index is -0.678. The van der Waals surface area contributed by atoms with Gasteiger partial charge in [-0.05, 0) is 41.8 Å². The minimum Gasteiger partial charge on any atom is -0.493 e. The Hall–Kier alpha value is -3.42. The van der Waals surface area contributed by atoms with E-state index in [1.807, 2.05) is 18.2 Å². The number of benzene rings is 2. The fraction of sp³-hybridized carbons (Fsp3) is 0.391.